The molecule has 1 aromatic carbocycles. The van der Waals surface area contributed by atoms with Crippen LogP contribution in [0.4, 0.5) is 24.8 Å². The van der Waals surface area contributed by atoms with E-state index in [0.29, 0.717) is 19.0 Å². The number of carbonyl (C=O) groups is 1. The number of anilines is 2. The van der Waals surface area contributed by atoms with Gasteiger partial charge in [-0.25, -0.2) is 9.97 Å². The van der Waals surface area contributed by atoms with E-state index in [-0.39, 0.29) is 16.3 Å². The highest BCUT2D eigenvalue weighted by Crippen LogP contribution is 2.33. The summed E-state index contributed by atoms with van der Waals surface area (Å²) in [6, 6.07) is 2.71. The number of alkyl halides is 3. The van der Waals surface area contributed by atoms with E-state index in [9.17, 15) is 18.0 Å². The summed E-state index contributed by atoms with van der Waals surface area (Å²) < 4.78 is 38.3. The van der Waals surface area contributed by atoms with Gasteiger partial charge in [0.25, 0.3) is 5.91 Å². The molecule has 0 radical (unpaired) electrons. The van der Waals surface area contributed by atoms with Crippen LogP contribution in [0.2, 0.25) is 5.02 Å². The maximum Gasteiger partial charge on any atom is 0.416 e. The van der Waals surface area contributed by atoms with E-state index in [0.717, 1.165) is 18.2 Å². The second-order valence-electron chi connectivity index (χ2n) is 5.09. The average molecular weight is 373 g/mol. The monoisotopic (exact) mass is 372 g/mol. The fourth-order valence-corrected chi connectivity index (χ4v) is 2.26. The van der Waals surface area contributed by atoms with Crippen LogP contribution in [0.1, 0.15) is 29.8 Å². The Kier molecular flexibility index (Phi) is 5.84. The Labute approximate surface area is 147 Å². The molecule has 0 saturated carbocycles. The van der Waals surface area contributed by atoms with E-state index in [2.05, 4.69) is 15.3 Å². The molecule has 5 nitrogen and oxygen atoms in total. The molecule has 0 aliphatic heterocycles. The number of aromatic nitrogens is 2. The SMILES string of the molecule is CCN(CC)c1ncc(C(=O)Nc2cc(C(F)(F)F)ccc2Cl)cn1. The van der Waals surface area contributed by atoms with Gasteiger partial charge in [0.05, 0.1) is 21.8 Å². The van der Waals surface area contributed by atoms with Gasteiger partial charge in [-0.05, 0) is 32.0 Å². The van der Waals surface area contributed by atoms with Crippen LogP contribution in [-0.4, -0.2) is 29.0 Å². The van der Waals surface area contributed by atoms with Crippen LogP contribution < -0.4 is 10.2 Å². The molecule has 0 unspecified atom stereocenters. The molecule has 0 aliphatic rings. The van der Waals surface area contributed by atoms with Gasteiger partial charge < -0.3 is 10.2 Å². The third-order valence-electron chi connectivity index (χ3n) is 3.49. The highest BCUT2D eigenvalue weighted by molar-refractivity contribution is 6.34. The van der Waals surface area contributed by atoms with E-state index in [1.165, 1.54) is 12.4 Å². The third kappa shape index (κ3) is 4.60. The topological polar surface area (TPSA) is 58.1 Å². The number of halogens is 4. The second-order valence-corrected chi connectivity index (χ2v) is 5.50. The first-order valence-corrected chi connectivity index (χ1v) is 7.89. The number of amides is 1. The highest BCUT2D eigenvalue weighted by Gasteiger charge is 2.31. The number of nitrogens with one attached hydrogen (secondary N) is 1. The van der Waals surface area contributed by atoms with Crippen LogP contribution in [0.25, 0.3) is 0 Å². The molecule has 134 valence electrons. The second kappa shape index (κ2) is 7.69. The van der Waals surface area contributed by atoms with E-state index in [1.54, 1.807) is 0 Å². The van der Waals surface area contributed by atoms with Crippen molar-refractivity contribution >= 4 is 29.1 Å². The summed E-state index contributed by atoms with van der Waals surface area (Å²) in [5, 5.41) is 2.35. The lowest BCUT2D eigenvalue weighted by atomic mass is 10.2. The summed E-state index contributed by atoms with van der Waals surface area (Å²) in [6.45, 7) is 5.32. The van der Waals surface area contributed by atoms with Crippen molar-refractivity contribution in [2.24, 2.45) is 0 Å². The molecule has 2 aromatic rings. The van der Waals surface area contributed by atoms with Crippen LogP contribution in [0.5, 0.6) is 0 Å². The Hall–Kier alpha value is -2.35. The zero-order chi connectivity index (χ0) is 18.6. The van der Waals surface area contributed by atoms with Gasteiger partial charge in [-0.3, -0.25) is 4.79 Å². The zero-order valence-electron chi connectivity index (χ0n) is 13.6. The normalized spacial score (nSPS) is 11.3. The largest absolute Gasteiger partial charge is 0.416 e. The summed E-state index contributed by atoms with van der Waals surface area (Å²) in [6.07, 6.45) is -1.90. The molecule has 0 fully saturated rings. The Morgan fingerprint density at radius 2 is 1.80 bits per heavy atom. The summed E-state index contributed by atoms with van der Waals surface area (Å²) in [7, 11) is 0. The minimum Gasteiger partial charge on any atom is -0.341 e. The van der Waals surface area contributed by atoms with Crippen molar-refractivity contribution in [3.8, 4) is 0 Å². The number of rotatable bonds is 5. The van der Waals surface area contributed by atoms with E-state index in [4.69, 9.17) is 11.6 Å². The van der Waals surface area contributed by atoms with Crippen molar-refractivity contribution < 1.29 is 18.0 Å². The predicted octanol–water partition coefficient (Wildman–Crippen LogP) is 4.25. The first-order valence-electron chi connectivity index (χ1n) is 7.51. The van der Waals surface area contributed by atoms with Crippen LogP contribution >= 0.6 is 11.6 Å². The van der Waals surface area contributed by atoms with Crippen LogP contribution in [-0.2, 0) is 6.18 Å². The van der Waals surface area contributed by atoms with Crippen molar-refractivity contribution in [2.75, 3.05) is 23.3 Å². The molecule has 0 bridgehead atoms. The molecule has 25 heavy (non-hydrogen) atoms. The zero-order valence-corrected chi connectivity index (χ0v) is 14.3. The molecule has 1 amide bonds. The van der Waals surface area contributed by atoms with Gasteiger partial charge in [-0.2, -0.15) is 13.2 Å². The standard InChI is InChI=1S/C16H16ClF3N4O/c1-3-24(4-2)15-21-8-10(9-22-15)14(25)23-13-7-11(16(18,19)20)5-6-12(13)17/h5-9H,3-4H2,1-2H3,(H,23,25). The molecule has 0 saturated heterocycles. The summed E-state index contributed by atoms with van der Waals surface area (Å²) in [5.41, 5.74) is -0.918. The molecular formula is C16H16ClF3N4O. The predicted molar refractivity (Wildman–Crippen MR) is 90.0 cm³/mol. The van der Waals surface area contributed by atoms with Gasteiger partial charge in [0.1, 0.15) is 0 Å². The molecule has 0 spiro atoms. The maximum absolute atomic E-state index is 12.8. The number of benzene rings is 1. The Morgan fingerprint density at radius 1 is 1.20 bits per heavy atom. The summed E-state index contributed by atoms with van der Waals surface area (Å²) in [5.74, 6) is -0.175. The summed E-state index contributed by atoms with van der Waals surface area (Å²) >= 11 is 5.86. The smallest absolute Gasteiger partial charge is 0.341 e. The molecule has 0 atom stereocenters. The van der Waals surface area contributed by atoms with Gasteiger partial charge in [0.15, 0.2) is 0 Å². The average Bonchev–Trinajstić information content (AvgIpc) is 2.57. The third-order valence-corrected chi connectivity index (χ3v) is 3.82. The van der Waals surface area contributed by atoms with Crippen molar-refractivity contribution in [3.63, 3.8) is 0 Å². The molecule has 2 rings (SSSR count). The molecule has 1 aromatic heterocycles. The Morgan fingerprint density at radius 3 is 2.32 bits per heavy atom. The van der Waals surface area contributed by atoms with Crippen molar-refractivity contribution in [1.82, 2.24) is 9.97 Å². The fraction of sp³-hybridized carbons (Fsp3) is 0.312. The summed E-state index contributed by atoms with van der Waals surface area (Å²) in [4.78, 5) is 22.3. The quantitative estimate of drug-likeness (QED) is 0.852. The maximum atomic E-state index is 12.8. The van der Waals surface area contributed by atoms with Gasteiger partial charge >= 0.3 is 6.18 Å². The first-order chi connectivity index (χ1) is 11.8. The Bertz CT molecular complexity index is 746. The molecule has 1 N–H and O–H groups in total. The lowest BCUT2D eigenvalue weighted by Gasteiger charge is -2.18. The molecule has 1 heterocycles. The van der Waals surface area contributed by atoms with Gasteiger partial charge in [-0.15, -0.1) is 0 Å². The van der Waals surface area contributed by atoms with Crippen molar-refractivity contribution in [2.45, 2.75) is 20.0 Å². The van der Waals surface area contributed by atoms with E-state index in [1.807, 2.05) is 18.7 Å². The number of carbonyl (C=O) groups excluding carboxylic acids is 1. The molecular weight excluding hydrogens is 357 g/mol. The van der Waals surface area contributed by atoms with Crippen LogP contribution in [0.15, 0.2) is 30.6 Å². The van der Waals surface area contributed by atoms with Crippen LogP contribution in [0, 0.1) is 0 Å². The number of hydrogen-bond donors (Lipinski definition) is 1. The fourth-order valence-electron chi connectivity index (χ4n) is 2.10. The number of nitrogens with zero attached hydrogens (tertiary/aromatic N) is 3. The van der Waals surface area contributed by atoms with E-state index < -0.39 is 17.6 Å². The highest BCUT2D eigenvalue weighted by atomic mass is 35.5. The van der Waals surface area contributed by atoms with Gasteiger partial charge in [-0.1, -0.05) is 11.6 Å². The Balaban J connectivity index is 2.20. The van der Waals surface area contributed by atoms with Gasteiger partial charge in [0.2, 0.25) is 5.95 Å². The minimum atomic E-state index is -4.53. The van der Waals surface area contributed by atoms with Crippen LogP contribution in [0.3, 0.4) is 0 Å². The minimum absolute atomic E-state index is 0.00188. The molecule has 9 heteroatoms. The van der Waals surface area contributed by atoms with E-state index >= 15 is 0 Å². The van der Waals surface area contributed by atoms with Crippen molar-refractivity contribution in [3.05, 3.63) is 46.7 Å². The van der Waals surface area contributed by atoms with Crippen molar-refractivity contribution in [1.29, 1.82) is 0 Å². The molecule has 0 aliphatic carbocycles. The lowest BCUT2D eigenvalue weighted by Crippen LogP contribution is -2.24. The first kappa shape index (κ1) is 19.0. The number of hydrogen-bond acceptors (Lipinski definition) is 4. The lowest BCUT2D eigenvalue weighted by molar-refractivity contribution is -0.137. The van der Waals surface area contributed by atoms with Gasteiger partial charge in [0, 0.05) is 25.5 Å².